The molecule has 109 heavy (non-hydrogen) atoms. The lowest BCUT2D eigenvalue weighted by molar-refractivity contribution is -0.120. The predicted molar refractivity (Wildman–Crippen MR) is 400 cm³/mol. The van der Waals surface area contributed by atoms with Crippen molar-refractivity contribution in [2.24, 2.45) is 11.8 Å². The zero-order valence-electron chi connectivity index (χ0n) is 61.9. The summed E-state index contributed by atoms with van der Waals surface area (Å²) in [5.41, 5.74) is 0.164. The molecule has 2 aliphatic carbocycles. The van der Waals surface area contributed by atoms with E-state index in [1.54, 1.807) is 24.3 Å². The first-order chi connectivity index (χ1) is 52.1. The molecule has 2 fully saturated rings. The predicted octanol–water partition coefficient (Wildman–Crippen LogP) is 8.02. The van der Waals surface area contributed by atoms with Crippen molar-refractivity contribution in [1.29, 1.82) is 0 Å². The number of carbonyl (C=O) groups excluding carboxylic acids is 8. The SMILES string of the molecule is C=CCn1c(=O)c2c(=O)cc(CCCC)n(C(F)F)c2n(CC=C)c1=O.C=CCn1c(CCC2CCC2)cc(=O)c2c1CC(=O)NC2=O.C=CCn1c(CCCC2CC2)cc(=O)c2c1CC(=O)NC2=O.CCCCc1cc(=O)c2c(n1C(F)F)CC(=O)NC2=O.CCCCn1c(CC)cc(=O)c2c1CC(=O)NC2=O. The normalized spacial score (nSPS) is 14.8. The fraction of sp³-hybridized carbons (Fsp3) is 0.456. The molecule has 26 nitrogen and oxygen atoms in total. The number of fused-ring (bicyclic) bond motifs is 5. The molecule has 2 saturated carbocycles. The molecule has 0 bridgehead atoms. The highest BCUT2D eigenvalue weighted by atomic mass is 19.3. The monoisotopic (exact) mass is 1510 g/mol. The number of pyridine rings is 5. The van der Waals surface area contributed by atoms with Crippen molar-refractivity contribution >= 4 is 58.3 Å². The Balaban J connectivity index is 0.000000172. The molecular formula is C79H93F4N11O15. The Morgan fingerprint density at radius 3 is 1.18 bits per heavy atom. The quantitative estimate of drug-likeness (QED) is 0.0215. The molecule has 30 heteroatoms. The van der Waals surface area contributed by atoms with E-state index in [0.29, 0.717) is 65.0 Å². The van der Waals surface area contributed by atoms with Crippen LogP contribution in [0.5, 0.6) is 0 Å². The average molecular weight is 1510 g/mol. The lowest BCUT2D eigenvalue weighted by Gasteiger charge is -2.27. The van der Waals surface area contributed by atoms with Gasteiger partial charge in [-0.1, -0.05) is 110 Å². The highest BCUT2D eigenvalue weighted by molar-refractivity contribution is 6.11. The smallest absolute Gasteiger partial charge is 0.333 e. The minimum atomic E-state index is -3.00. The van der Waals surface area contributed by atoms with Crippen molar-refractivity contribution in [2.45, 2.75) is 221 Å². The minimum Gasteiger partial charge on any atom is -0.347 e. The molecule has 0 saturated heterocycles. The third kappa shape index (κ3) is 19.6. The number of unbranched alkanes of at least 4 members (excludes halogenated alkanes) is 3. The molecular weight excluding hydrogens is 1420 g/mol. The molecule has 582 valence electrons. The molecule has 6 aromatic rings. The molecule has 8 amide bonds. The van der Waals surface area contributed by atoms with Crippen LogP contribution in [-0.4, -0.2) is 79.2 Å². The Morgan fingerprint density at radius 2 is 0.771 bits per heavy atom. The molecule has 10 heterocycles. The van der Waals surface area contributed by atoms with Crippen LogP contribution in [0.25, 0.3) is 11.0 Å². The first kappa shape index (κ1) is 83.6. The number of nitrogens with zero attached hydrogens (tertiary/aromatic N) is 7. The number of halogens is 4. The maximum Gasteiger partial charge on any atom is 0.333 e. The van der Waals surface area contributed by atoms with Gasteiger partial charge in [0, 0.05) is 114 Å². The lowest BCUT2D eigenvalue weighted by atomic mass is 9.81. The third-order valence-electron chi connectivity index (χ3n) is 19.7. The van der Waals surface area contributed by atoms with Crippen molar-refractivity contribution in [3.63, 3.8) is 0 Å². The van der Waals surface area contributed by atoms with Gasteiger partial charge >= 0.3 is 18.8 Å². The summed E-state index contributed by atoms with van der Waals surface area (Å²) in [6.07, 6.45) is 23.3. The van der Waals surface area contributed by atoms with Gasteiger partial charge in [-0.25, -0.2) is 4.79 Å². The second-order valence-corrected chi connectivity index (χ2v) is 27.4. The van der Waals surface area contributed by atoms with E-state index in [0.717, 1.165) is 108 Å². The van der Waals surface area contributed by atoms with Crippen LogP contribution in [-0.2, 0) is 110 Å². The van der Waals surface area contributed by atoms with Gasteiger partial charge in [-0.05, 0) is 76.0 Å². The highest BCUT2D eigenvalue weighted by Crippen LogP contribution is 2.34. The summed E-state index contributed by atoms with van der Waals surface area (Å²) in [7, 11) is 0. The minimum absolute atomic E-state index is 0.0701. The van der Waals surface area contributed by atoms with E-state index < -0.39 is 70.1 Å². The summed E-state index contributed by atoms with van der Waals surface area (Å²) >= 11 is 0. The molecule has 0 radical (unpaired) electrons. The number of rotatable bonds is 27. The molecule has 0 spiro atoms. The van der Waals surface area contributed by atoms with Gasteiger partial charge < -0.3 is 13.7 Å². The van der Waals surface area contributed by atoms with Gasteiger partial charge in [0.05, 0.1) is 25.7 Å². The number of amides is 8. The van der Waals surface area contributed by atoms with E-state index in [1.807, 2.05) is 39.8 Å². The van der Waals surface area contributed by atoms with Crippen LogP contribution < -0.4 is 59.7 Å². The Morgan fingerprint density at radius 1 is 0.404 bits per heavy atom. The van der Waals surface area contributed by atoms with E-state index in [2.05, 4.69) is 49.2 Å². The fourth-order valence-corrected chi connectivity index (χ4v) is 14.1. The molecule has 4 aliphatic heterocycles. The van der Waals surface area contributed by atoms with Crippen molar-refractivity contribution in [1.82, 2.24) is 53.2 Å². The fourth-order valence-electron chi connectivity index (χ4n) is 14.1. The molecule has 0 aromatic carbocycles. The number of alkyl halides is 4. The molecule has 0 atom stereocenters. The summed E-state index contributed by atoms with van der Waals surface area (Å²) in [5.74, 6) is -2.77. The third-order valence-corrected chi connectivity index (χ3v) is 19.7. The largest absolute Gasteiger partial charge is 0.347 e. The number of aryl methyl sites for hydroxylation is 5. The molecule has 6 aliphatic rings. The Hall–Kier alpha value is -11.1. The van der Waals surface area contributed by atoms with Gasteiger partial charge in [0.1, 0.15) is 33.3 Å². The topological polar surface area (TPSA) is 339 Å². The zero-order valence-corrected chi connectivity index (χ0v) is 61.9. The maximum atomic E-state index is 13.8. The van der Waals surface area contributed by atoms with Crippen LogP contribution in [0.2, 0.25) is 0 Å². The Kier molecular flexibility index (Phi) is 29.2. The number of aromatic nitrogens is 7. The van der Waals surface area contributed by atoms with Crippen LogP contribution in [0.15, 0.2) is 115 Å². The van der Waals surface area contributed by atoms with Crippen LogP contribution in [0.1, 0.15) is 223 Å². The van der Waals surface area contributed by atoms with Gasteiger partial charge in [0.15, 0.2) is 27.1 Å². The van der Waals surface area contributed by atoms with Crippen molar-refractivity contribution in [3.05, 3.63) is 226 Å². The number of carbonyl (C=O) groups is 8. The zero-order chi connectivity index (χ0) is 79.7. The number of hydrogen-bond donors (Lipinski definition) is 4. The first-order valence-electron chi connectivity index (χ1n) is 36.9. The average Bonchev–Trinajstić information content (AvgIpc) is 1.45. The number of imide groups is 4. The van der Waals surface area contributed by atoms with E-state index in [9.17, 15) is 89.5 Å². The van der Waals surface area contributed by atoms with E-state index >= 15 is 0 Å². The summed E-state index contributed by atoms with van der Waals surface area (Å²) in [6.45, 7) is 17.9. The van der Waals surface area contributed by atoms with Gasteiger partial charge in [0.2, 0.25) is 23.6 Å². The van der Waals surface area contributed by atoms with Crippen LogP contribution in [0.3, 0.4) is 0 Å². The Labute approximate surface area is 624 Å². The standard InChI is InChI=1S/C18H21F2N3O3.2C17H20N2O3.C14H18N2O3.C13H14F2N2O3/c1-4-7-8-12-11-13(24)14-15(23(12)17(19)20)21(9-5-2)18(26)22(10-6-3)16(14)25;1-2-8-19-12(5-3-4-11-6-7-11)9-14(20)16-13(19)10-15(21)18-17(16)22;1-2-8-19-12(7-6-11-4-3-5-11)9-14(20)16-13(19)10-15(21)18-17(16)22;1-3-5-6-16-9(4-2)7-11(17)13-10(16)8-12(18)15-14(13)19;1-2-3-4-7-5-9(18)11-8(17(7)13(14)15)6-10(19)16-12(11)20/h5-6,11,17H,2-4,7-10H2,1H3;2*2,9,11H,1,3-8,10H2,(H,18,21,22);7H,3-6,8H2,1-2H3,(H,15,18,19);5,13H,2-4,6H2,1H3,(H,16,19,20). The van der Waals surface area contributed by atoms with Crippen LogP contribution in [0, 0.1) is 11.8 Å². The van der Waals surface area contributed by atoms with E-state index in [-0.39, 0.29) is 124 Å². The van der Waals surface area contributed by atoms with Gasteiger partial charge in [-0.15, -0.1) is 26.3 Å². The first-order valence-corrected chi connectivity index (χ1v) is 36.9. The number of allylic oxidation sites excluding steroid dienone is 4. The van der Waals surface area contributed by atoms with E-state index in [4.69, 9.17) is 0 Å². The Bertz CT molecular complexity index is 5060. The lowest BCUT2D eigenvalue weighted by Crippen LogP contribution is -2.43. The van der Waals surface area contributed by atoms with Crippen LogP contribution in [0.4, 0.5) is 17.6 Å². The summed E-state index contributed by atoms with van der Waals surface area (Å²) in [6, 6.07) is 6.74. The second-order valence-electron chi connectivity index (χ2n) is 27.4. The van der Waals surface area contributed by atoms with Gasteiger partial charge in [0.25, 0.3) is 29.2 Å². The van der Waals surface area contributed by atoms with Crippen LogP contribution >= 0.6 is 0 Å². The van der Waals surface area contributed by atoms with Crippen molar-refractivity contribution < 1.29 is 55.9 Å². The number of hydrogen-bond acceptors (Lipinski definition) is 15. The number of nitrogens with one attached hydrogen (secondary N) is 4. The van der Waals surface area contributed by atoms with Crippen molar-refractivity contribution in [2.75, 3.05) is 0 Å². The summed E-state index contributed by atoms with van der Waals surface area (Å²) in [5, 5.41) is 8.17. The highest BCUT2D eigenvalue weighted by Gasteiger charge is 2.35. The summed E-state index contributed by atoms with van der Waals surface area (Å²) < 4.78 is 63.0. The molecule has 4 N–H and O–H groups in total. The molecule has 6 aromatic heterocycles. The molecule has 0 unspecified atom stereocenters. The molecule has 12 rings (SSSR count). The summed E-state index contributed by atoms with van der Waals surface area (Å²) in [4.78, 5) is 180. The second kappa shape index (κ2) is 38.1. The van der Waals surface area contributed by atoms with Gasteiger partial charge in [-0.3, -0.25) is 107 Å². The maximum absolute atomic E-state index is 13.8. The van der Waals surface area contributed by atoms with E-state index in [1.165, 1.54) is 56.7 Å². The van der Waals surface area contributed by atoms with Crippen molar-refractivity contribution in [3.8, 4) is 0 Å². The van der Waals surface area contributed by atoms with Gasteiger partial charge in [-0.2, -0.15) is 17.6 Å².